The molecule has 0 unspecified atom stereocenters. The van der Waals surface area contributed by atoms with Crippen LogP contribution in [0.1, 0.15) is 10.4 Å². The van der Waals surface area contributed by atoms with Crippen LogP contribution in [0.25, 0.3) is 10.2 Å². The van der Waals surface area contributed by atoms with Crippen molar-refractivity contribution in [2.45, 2.75) is 13.1 Å². The largest absolute Gasteiger partial charge is 0.508 e. The number of hydrogen-bond acceptors (Lipinski definition) is 8. The van der Waals surface area contributed by atoms with Crippen molar-refractivity contribution >= 4 is 55.6 Å². The molecule has 0 saturated heterocycles. The topological polar surface area (TPSA) is 112 Å². The summed E-state index contributed by atoms with van der Waals surface area (Å²) >= 11 is 2.95. The van der Waals surface area contributed by atoms with Crippen LogP contribution in [0.4, 0.5) is 25.8 Å². The van der Waals surface area contributed by atoms with Crippen molar-refractivity contribution in [3.8, 4) is 5.75 Å². The Labute approximate surface area is 178 Å². The quantitative estimate of drug-likeness (QED) is 0.331. The number of nitrogens with one attached hydrogen (secondary N) is 3. The summed E-state index contributed by atoms with van der Waals surface area (Å²) in [7, 11) is 0. The Morgan fingerprint density at radius 1 is 1.17 bits per heavy atom. The zero-order chi connectivity index (χ0) is 20.9. The number of alkyl halides is 1. The van der Waals surface area contributed by atoms with Crippen LogP contribution in [0.15, 0.2) is 42.2 Å². The van der Waals surface area contributed by atoms with Crippen molar-refractivity contribution in [2.24, 2.45) is 0 Å². The third-order valence-corrected chi connectivity index (χ3v) is 5.95. The van der Waals surface area contributed by atoms with E-state index >= 15 is 0 Å². The van der Waals surface area contributed by atoms with Crippen LogP contribution in [-0.4, -0.2) is 32.6 Å². The van der Waals surface area contributed by atoms with E-state index in [2.05, 4.69) is 30.9 Å². The second-order valence-corrected chi connectivity index (χ2v) is 8.30. The van der Waals surface area contributed by atoms with Crippen LogP contribution >= 0.6 is 22.7 Å². The van der Waals surface area contributed by atoms with Gasteiger partial charge in [0.2, 0.25) is 0 Å². The number of fused-ring (bicyclic) bond motifs is 1. The molecule has 3 aromatic heterocycles. The fourth-order valence-corrected chi connectivity index (χ4v) is 4.40. The number of phenols is 1. The molecule has 0 aliphatic carbocycles. The van der Waals surface area contributed by atoms with Gasteiger partial charge in [0.25, 0.3) is 0 Å². The molecule has 11 heteroatoms. The number of carbonyl (C=O) groups is 1. The summed E-state index contributed by atoms with van der Waals surface area (Å²) < 4.78 is 13.8. The van der Waals surface area contributed by atoms with Crippen LogP contribution in [0.2, 0.25) is 0 Å². The summed E-state index contributed by atoms with van der Waals surface area (Å²) in [4.78, 5) is 25.8. The highest BCUT2D eigenvalue weighted by molar-refractivity contribution is 7.17. The maximum absolute atomic E-state index is 12.8. The minimum atomic E-state index is -0.735. The average Bonchev–Trinajstić information content (AvgIpc) is 3.37. The van der Waals surface area contributed by atoms with Gasteiger partial charge >= 0.3 is 6.03 Å². The number of carbonyl (C=O) groups excluding carboxylic acids is 1. The predicted octanol–water partition coefficient (Wildman–Crippen LogP) is 4.62. The normalized spacial score (nSPS) is 10.8. The summed E-state index contributed by atoms with van der Waals surface area (Å²) in [5.41, 5.74) is 1.49. The zero-order valence-corrected chi connectivity index (χ0v) is 17.2. The number of thiazole rings is 1. The fourth-order valence-electron chi connectivity index (χ4n) is 2.78. The van der Waals surface area contributed by atoms with Crippen molar-refractivity contribution in [1.82, 2.24) is 15.0 Å². The molecule has 0 aliphatic heterocycles. The van der Waals surface area contributed by atoms with E-state index < -0.39 is 12.7 Å². The number of rotatable bonds is 7. The molecular weight excluding hydrogens is 427 g/mol. The lowest BCUT2D eigenvalue weighted by Gasteiger charge is -2.07. The molecule has 0 fully saturated rings. The van der Waals surface area contributed by atoms with Crippen molar-refractivity contribution in [3.05, 3.63) is 52.6 Å². The van der Waals surface area contributed by atoms with Gasteiger partial charge in [-0.1, -0.05) is 0 Å². The van der Waals surface area contributed by atoms with Crippen LogP contribution in [-0.2, 0) is 13.1 Å². The maximum atomic E-state index is 12.8. The van der Waals surface area contributed by atoms with Crippen LogP contribution in [0.5, 0.6) is 5.75 Å². The Morgan fingerprint density at radius 2 is 2.07 bits per heavy atom. The Bertz CT molecular complexity index is 1180. The molecule has 4 aromatic rings. The number of aromatic hydroxyl groups is 1. The van der Waals surface area contributed by atoms with Crippen molar-refractivity contribution in [2.75, 3.05) is 22.5 Å². The van der Waals surface area contributed by atoms with Gasteiger partial charge < -0.3 is 15.7 Å². The van der Waals surface area contributed by atoms with E-state index in [1.54, 1.807) is 17.5 Å². The second kappa shape index (κ2) is 9.01. The van der Waals surface area contributed by atoms with Crippen LogP contribution in [0.3, 0.4) is 0 Å². The molecule has 2 amide bonds. The lowest BCUT2D eigenvalue weighted by Crippen LogP contribution is -2.19. The molecule has 1 aromatic carbocycles. The molecule has 0 radical (unpaired) electrons. The van der Waals surface area contributed by atoms with Gasteiger partial charge in [0, 0.05) is 35.8 Å². The highest BCUT2D eigenvalue weighted by Crippen LogP contribution is 2.25. The lowest BCUT2D eigenvalue weighted by atomic mass is 10.2. The van der Waals surface area contributed by atoms with Crippen molar-refractivity contribution < 1.29 is 14.3 Å². The van der Waals surface area contributed by atoms with E-state index in [9.17, 15) is 14.3 Å². The van der Waals surface area contributed by atoms with Gasteiger partial charge in [-0.25, -0.2) is 24.1 Å². The predicted molar refractivity (Wildman–Crippen MR) is 117 cm³/mol. The number of halogens is 1. The smallest absolute Gasteiger partial charge is 0.325 e. The molecule has 0 atom stereocenters. The van der Waals surface area contributed by atoms with Crippen LogP contribution in [0, 0.1) is 0 Å². The monoisotopic (exact) mass is 444 g/mol. The van der Waals surface area contributed by atoms with E-state index in [4.69, 9.17) is 0 Å². The van der Waals surface area contributed by atoms with Gasteiger partial charge in [-0.2, -0.15) is 0 Å². The van der Waals surface area contributed by atoms with E-state index in [-0.39, 0.29) is 11.3 Å². The molecule has 8 nitrogen and oxygen atoms in total. The van der Waals surface area contributed by atoms with Crippen molar-refractivity contribution in [3.63, 3.8) is 0 Å². The molecule has 0 saturated carbocycles. The molecule has 3 heterocycles. The van der Waals surface area contributed by atoms with E-state index in [0.717, 1.165) is 20.9 Å². The number of hydrogen-bond donors (Lipinski definition) is 4. The van der Waals surface area contributed by atoms with Gasteiger partial charge in [0.05, 0.1) is 10.2 Å². The summed E-state index contributed by atoms with van der Waals surface area (Å²) in [6.45, 7) is -0.0747. The third-order valence-electron chi connectivity index (χ3n) is 4.07. The first-order valence-electron chi connectivity index (χ1n) is 8.94. The number of anilines is 3. The first-order chi connectivity index (χ1) is 14.6. The zero-order valence-electron chi connectivity index (χ0n) is 15.6. The summed E-state index contributed by atoms with van der Waals surface area (Å²) in [6, 6.07) is 5.53. The van der Waals surface area contributed by atoms with Gasteiger partial charge in [0.15, 0.2) is 5.13 Å². The third kappa shape index (κ3) is 4.81. The number of thiophene rings is 1. The van der Waals surface area contributed by atoms with E-state index in [0.29, 0.717) is 23.8 Å². The van der Waals surface area contributed by atoms with E-state index in [1.165, 1.54) is 35.9 Å². The number of benzene rings is 1. The van der Waals surface area contributed by atoms with Gasteiger partial charge in [-0.15, -0.1) is 22.7 Å². The molecule has 154 valence electrons. The number of urea groups is 1. The standard InChI is InChI=1S/C19H17FN6O2S2/c20-8-11-5-12(7-13(27)6-11)25-18(28)26-19-22-9-14(30-19)1-3-21-17-16-15(2-4-29-16)23-10-24-17/h2,4-7,9-10,27H,1,3,8H2,(H,21,23,24)(H2,22,25,26,28). The van der Waals surface area contributed by atoms with Gasteiger partial charge in [-0.3, -0.25) is 5.32 Å². The minimum absolute atomic E-state index is 0.118. The Balaban J connectivity index is 1.30. The Kier molecular flexibility index (Phi) is 6.00. The molecule has 0 spiro atoms. The first-order valence-corrected chi connectivity index (χ1v) is 10.6. The molecule has 4 rings (SSSR count). The van der Waals surface area contributed by atoms with Crippen molar-refractivity contribution in [1.29, 1.82) is 0 Å². The Hall–Kier alpha value is -3.31. The minimum Gasteiger partial charge on any atom is -0.508 e. The number of amides is 2. The molecule has 0 bridgehead atoms. The summed E-state index contributed by atoms with van der Waals surface area (Å²) in [5, 5.41) is 20.5. The number of nitrogens with zero attached hydrogens (tertiary/aromatic N) is 3. The average molecular weight is 445 g/mol. The maximum Gasteiger partial charge on any atom is 0.325 e. The van der Waals surface area contributed by atoms with E-state index in [1.807, 2.05) is 11.4 Å². The highest BCUT2D eigenvalue weighted by Gasteiger charge is 2.09. The SMILES string of the molecule is O=C(Nc1cc(O)cc(CF)c1)Nc1ncc(CCNc2ncnc3ccsc23)s1. The molecular formula is C19H17FN6O2S2. The first kappa shape index (κ1) is 20.0. The fraction of sp³-hybridized carbons (Fsp3) is 0.158. The highest BCUT2D eigenvalue weighted by atomic mass is 32.1. The number of aromatic nitrogens is 3. The van der Waals surface area contributed by atoms with Crippen LogP contribution < -0.4 is 16.0 Å². The molecule has 0 aliphatic rings. The molecule has 4 N–H and O–H groups in total. The Morgan fingerprint density at radius 3 is 2.93 bits per heavy atom. The molecule has 30 heavy (non-hydrogen) atoms. The number of phenolic OH excluding ortho intramolecular Hbond substituents is 1. The van der Waals surface area contributed by atoms with Gasteiger partial charge in [0.1, 0.15) is 24.6 Å². The lowest BCUT2D eigenvalue weighted by molar-refractivity contribution is 0.262. The summed E-state index contributed by atoms with van der Waals surface area (Å²) in [5.74, 6) is 0.684. The van der Waals surface area contributed by atoms with Gasteiger partial charge in [-0.05, 0) is 29.1 Å². The summed E-state index contributed by atoms with van der Waals surface area (Å²) in [6.07, 6.45) is 3.95. The second-order valence-electron chi connectivity index (χ2n) is 6.27.